The fourth-order valence-corrected chi connectivity index (χ4v) is 2.41. The maximum absolute atomic E-state index is 13.3. The Morgan fingerprint density at radius 2 is 2.14 bits per heavy atom. The van der Waals surface area contributed by atoms with E-state index >= 15 is 0 Å². The van der Waals surface area contributed by atoms with Crippen LogP contribution in [0.1, 0.15) is 6.42 Å². The molecule has 1 unspecified atom stereocenters. The molecular weight excluding hydrogens is 314 g/mol. The highest BCUT2D eigenvalue weighted by molar-refractivity contribution is 7.46. The Morgan fingerprint density at radius 3 is 2.76 bits per heavy atom. The van der Waals surface area contributed by atoms with Crippen molar-refractivity contribution in [3.63, 3.8) is 0 Å². The molecule has 21 heavy (non-hydrogen) atoms. The van der Waals surface area contributed by atoms with E-state index in [-0.39, 0.29) is 6.42 Å². The van der Waals surface area contributed by atoms with Gasteiger partial charge in [0.05, 0.1) is 19.3 Å². The van der Waals surface area contributed by atoms with Gasteiger partial charge < -0.3 is 19.6 Å². The minimum atomic E-state index is -4.72. The van der Waals surface area contributed by atoms with E-state index in [1.165, 1.54) is 0 Å². The number of urea groups is 1. The van der Waals surface area contributed by atoms with Crippen molar-refractivity contribution in [3.05, 3.63) is 0 Å². The van der Waals surface area contributed by atoms with E-state index in [4.69, 9.17) is 14.5 Å². The molecule has 0 aromatic carbocycles. The van der Waals surface area contributed by atoms with Crippen molar-refractivity contribution < 1.29 is 42.7 Å². The second-order valence-corrected chi connectivity index (χ2v) is 5.87. The Bertz CT molecular complexity index is 484. The zero-order valence-electron chi connectivity index (χ0n) is 10.6. The van der Waals surface area contributed by atoms with Gasteiger partial charge in [0, 0.05) is 6.42 Å². The summed E-state index contributed by atoms with van der Waals surface area (Å²) in [5.74, 6) is -1.05. The van der Waals surface area contributed by atoms with Crippen LogP contribution in [-0.4, -0.2) is 69.5 Å². The lowest BCUT2D eigenvalue weighted by molar-refractivity contribution is -0.130. The molecule has 2 aliphatic heterocycles. The second kappa shape index (κ2) is 5.95. The number of aliphatic hydroxyl groups excluding tert-OH is 1. The largest absolute Gasteiger partial charge is 0.469 e. The summed E-state index contributed by atoms with van der Waals surface area (Å²) in [4.78, 5) is 40.6. The number of ether oxygens (including phenoxy) is 1. The molecule has 4 atom stereocenters. The molecule has 0 bridgehead atoms. The third-order valence-electron chi connectivity index (χ3n) is 3.09. The Kier molecular flexibility index (Phi) is 4.61. The van der Waals surface area contributed by atoms with Gasteiger partial charge in [-0.05, 0) is 0 Å². The van der Waals surface area contributed by atoms with Crippen molar-refractivity contribution in [2.75, 3.05) is 13.2 Å². The number of nitrogens with one attached hydrogen (secondary N) is 1. The van der Waals surface area contributed by atoms with Crippen LogP contribution in [0.15, 0.2) is 0 Å². The third-order valence-corrected chi connectivity index (χ3v) is 3.58. The van der Waals surface area contributed by atoms with Crippen LogP contribution in [0, 0.1) is 0 Å². The minimum Gasteiger partial charge on any atom is -0.390 e. The summed E-state index contributed by atoms with van der Waals surface area (Å²) >= 11 is 0. The van der Waals surface area contributed by atoms with Gasteiger partial charge in [-0.3, -0.25) is 19.5 Å². The number of hydrogen-bond donors (Lipinski definition) is 4. The number of alkyl halides is 1. The first-order valence-electron chi connectivity index (χ1n) is 5.96. The van der Waals surface area contributed by atoms with Crippen LogP contribution in [-0.2, 0) is 18.6 Å². The van der Waals surface area contributed by atoms with E-state index < -0.39 is 57.5 Å². The molecule has 0 saturated carbocycles. The van der Waals surface area contributed by atoms with E-state index in [1.807, 2.05) is 0 Å². The number of imide groups is 1. The standard InChI is InChI=1S/C9H14FN2O8P/c10-4-2-12(9(15)11-8(4)14)7-1-5(13)6(20-7)3-19-21(16,17)18/h4-7,13H,1-3H2,(H,11,14,15)(H2,16,17,18)/t4?,5-,6+,7+/m0/s1. The van der Waals surface area contributed by atoms with Gasteiger partial charge in [0.2, 0.25) is 0 Å². The molecule has 2 aliphatic rings. The van der Waals surface area contributed by atoms with Gasteiger partial charge in [-0.2, -0.15) is 0 Å². The Morgan fingerprint density at radius 1 is 1.48 bits per heavy atom. The monoisotopic (exact) mass is 328 g/mol. The van der Waals surface area contributed by atoms with Crippen molar-refractivity contribution in [2.45, 2.75) is 31.0 Å². The smallest absolute Gasteiger partial charge is 0.390 e. The molecule has 0 spiro atoms. The van der Waals surface area contributed by atoms with Gasteiger partial charge in [0.25, 0.3) is 5.91 Å². The van der Waals surface area contributed by atoms with Gasteiger partial charge in [-0.15, -0.1) is 0 Å². The molecule has 4 N–H and O–H groups in total. The lowest BCUT2D eigenvalue weighted by atomic mass is 10.1. The number of rotatable bonds is 4. The first-order chi connectivity index (χ1) is 9.67. The molecule has 12 heteroatoms. The highest BCUT2D eigenvalue weighted by Crippen LogP contribution is 2.37. The zero-order chi connectivity index (χ0) is 15.8. The van der Waals surface area contributed by atoms with Crippen molar-refractivity contribution >= 4 is 19.8 Å². The van der Waals surface area contributed by atoms with E-state index in [1.54, 1.807) is 5.32 Å². The van der Waals surface area contributed by atoms with Crippen molar-refractivity contribution in [1.82, 2.24) is 10.2 Å². The fraction of sp³-hybridized carbons (Fsp3) is 0.778. The van der Waals surface area contributed by atoms with Gasteiger partial charge in [0.1, 0.15) is 12.3 Å². The van der Waals surface area contributed by atoms with Crippen LogP contribution in [0.3, 0.4) is 0 Å². The van der Waals surface area contributed by atoms with Crippen LogP contribution in [0.25, 0.3) is 0 Å². The minimum absolute atomic E-state index is 0.0937. The van der Waals surface area contributed by atoms with Crippen molar-refractivity contribution in [2.24, 2.45) is 0 Å². The number of halogens is 1. The normalized spacial score (nSPS) is 34.2. The maximum Gasteiger partial charge on any atom is 0.469 e. The lowest BCUT2D eigenvalue weighted by Gasteiger charge is -2.32. The van der Waals surface area contributed by atoms with Crippen LogP contribution in [0.5, 0.6) is 0 Å². The molecule has 0 aliphatic carbocycles. The maximum atomic E-state index is 13.3. The second-order valence-electron chi connectivity index (χ2n) is 4.63. The average molecular weight is 328 g/mol. The number of carbonyl (C=O) groups is 2. The summed E-state index contributed by atoms with van der Waals surface area (Å²) < 4.78 is 33.3. The number of amides is 3. The van der Waals surface area contributed by atoms with E-state index in [0.717, 1.165) is 4.90 Å². The van der Waals surface area contributed by atoms with Crippen LogP contribution in [0.4, 0.5) is 9.18 Å². The van der Waals surface area contributed by atoms with Crippen LogP contribution < -0.4 is 5.32 Å². The Hall–Kier alpha value is -1.10. The molecule has 2 saturated heterocycles. The summed E-state index contributed by atoms with van der Waals surface area (Å²) in [7, 11) is -4.72. The summed E-state index contributed by atoms with van der Waals surface area (Å²) in [5.41, 5.74) is 0. The molecule has 3 amide bonds. The third kappa shape index (κ3) is 3.96. The number of phosphoric ester groups is 1. The summed E-state index contributed by atoms with van der Waals surface area (Å²) in [5, 5.41) is 11.5. The average Bonchev–Trinajstić information content (AvgIpc) is 2.72. The first-order valence-corrected chi connectivity index (χ1v) is 7.49. The summed E-state index contributed by atoms with van der Waals surface area (Å²) in [6.45, 7) is -1.11. The van der Waals surface area contributed by atoms with Crippen molar-refractivity contribution in [1.29, 1.82) is 0 Å². The number of hydrogen-bond acceptors (Lipinski definition) is 6. The molecule has 0 aromatic heterocycles. The Labute approximate surface area is 118 Å². The summed E-state index contributed by atoms with van der Waals surface area (Å²) in [6, 6.07) is -0.859. The van der Waals surface area contributed by atoms with Crippen LogP contribution in [0.2, 0.25) is 0 Å². The lowest BCUT2D eigenvalue weighted by Crippen LogP contribution is -2.58. The quantitative estimate of drug-likeness (QED) is 0.454. The molecule has 10 nitrogen and oxygen atoms in total. The SMILES string of the molecule is O=C1NC(=O)N([C@H]2C[C@H](O)[C@@H](COP(=O)(O)O)O2)CC1F. The predicted octanol–water partition coefficient (Wildman–Crippen LogP) is -1.54. The Balaban J connectivity index is 1.95. The van der Waals surface area contributed by atoms with Crippen molar-refractivity contribution in [3.8, 4) is 0 Å². The molecule has 2 heterocycles. The molecular formula is C9H14FN2O8P. The van der Waals surface area contributed by atoms with Gasteiger partial charge in [0.15, 0.2) is 6.17 Å². The summed E-state index contributed by atoms with van der Waals surface area (Å²) in [6.07, 6.45) is -5.24. The predicted molar refractivity (Wildman–Crippen MR) is 62.4 cm³/mol. The number of carbonyl (C=O) groups excluding carboxylic acids is 2. The van der Waals surface area contributed by atoms with Crippen LogP contribution >= 0.6 is 7.82 Å². The van der Waals surface area contributed by atoms with E-state index in [9.17, 15) is 23.7 Å². The topological polar surface area (TPSA) is 146 Å². The molecule has 0 radical (unpaired) electrons. The highest BCUT2D eigenvalue weighted by atomic mass is 31.2. The first kappa shape index (κ1) is 16.3. The zero-order valence-corrected chi connectivity index (χ0v) is 11.5. The molecule has 2 rings (SSSR count). The number of nitrogens with zero attached hydrogens (tertiary/aromatic N) is 1. The molecule has 0 aromatic rings. The van der Waals surface area contributed by atoms with Gasteiger partial charge in [-0.1, -0.05) is 0 Å². The molecule has 120 valence electrons. The number of phosphoric acid groups is 1. The van der Waals surface area contributed by atoms with E-state index in [2.05, 4.69) is 4.52 Å². The molecule has 2 fully saturated rings. The number of aliphatic hydroxyl groups is 1. The van der Waals surface area contributed by atoms with Gasteiger partial charge >= 0.3 is 13.9 Å². The highest BCUT2D eigenvalue weighted by Gasteiger charge is 2.43. The van der Waals surface area contributed by atoms with E-state index in [0.29, 0.717) is 0 Å². The fourth-order valence-electron chi connectivity index (χ4n) is 2.07. The van der Waals surface area contributed by atoms with Gasteiger partial charge in [-0.25, -0.2) is 13.8 Å².